The van der Waals surface area contributed by atoms with Gasteiger partial charge in [0, 0.05) is 30.7 Å². The molecule has 2 aliphatic rings. The SMILES string of the molecule is COc1ccc(CC2SC(=O)NC2=O)cc1-c1cc2c(cc1C)N(C(C)C)CCN2C(C)C. The van der Waals surface area contributed by atoms with Crippen molar-refractivity contribution in [2.24, 2.45) is 0 Å². The molecule has 0 bridgehead atoms. The number of nitrogens with zero attached hydrogens (tertiary/aromatic N) is 2. The minimum atomic E-state index is -0.389. The number of rotatable bonds is 6. The maximum Gasteiger partial charge on any atom is 0.286 e. The monoisotopic (exact) mass is 467 g/mol. The third-order valence-electron chi connectivity index (χ3n) is 6.51. The van der Waals surface area contributed by atoms with Crippen molar-refractivity contribution in [3.8, 4) is 16.9 Å². The van der Waals surface area contributed by atoms with E-state index in [1.165, 1.54) is 16.9 Å². The van der Waals surface area contributed by atoms with Crippen molar-refractivity contribution in [3.63, 3.8) is 0 Å². The summed E-state index contributed by atoms with van der Waals surface area (Å²) in [5.41, 5.74) is 6.85. The summed E-state index contributed by atoms with van der Waals surface area (Å²) < 4.78 is 5.73. The van der Waals surface area contributed by atoms with E-state index in [1.54, 1.807) is 7.11 Å². The number of amides is 2. The van der Waals surface area contributed by atoms with Gasteiger partial charge < -0.3 is 14.5 Å². The Balaban J connectivity index is 1.79. The van der Waals surface area contributed by atoms with E-state index in [0.29, 0.717) is 18.5 Å². The van der Waals surface area contributed by atoms with E-state index in [1.807, 2.05) is 12.1 Å². The van der Waals surface area contributed by atoms with Crippen LogP contribution in [0.5, 0.6) is 5.75 Å². The van der Waals surface area contributed by atoms with Crippen molar-refractivity contribution in [1.29, 1.82) is 0 Å². The Morgan fingerprint density at radius 3 is 2.18 bits per heavy atom. The lowest BCUT2D eigenvalue weighted by atomic mass is 9.93. The van der Waals surface area contributed by atoms with Gasteiger partial charge in [-0.3, -0.25) is 14.9 Å². The van der Waals surface area contributed by atoms with Crippen molar-refractivity contribution in [2.45, 2.75) is 58.4 Å². The number of ether oxygens (including phenoxy) is 1. The Bertz CT molecular complexity index is 1080. The molecule has 1 atom stereocenters. The Kier molecular flexibility index (Phi) is 6.61. The van der Waals surface area contributed by atoms with Gasteiger partial charge in [0.25, 0.3) is 5.24 Å². The fraction of sp³-hybridized carbons (Fsp3) is 0.462. The smallest absolute Gasteiger partial charge is 0.286 e. The van der Waals surface area contributed by atoms with Crippen LogP contribution in [0.3, 0.4) is 0 Å². The highest BCUT2D eigenvalue weighted by Crippen LogP contribution is 2.43. The molecule has 2 heterocycles. The summed E-state index contributed by atoms with van der Waals surface area (Å²) in [6.45, 7) is 13.1. The van der Waals surface area contributed by atoms with E-state index < -0.39 is 0 Å². The first-order valence-corrected chi connectivity index (χ1v) is 12.4. The normalized spacial score (nSPS) is 18.2. The number of hydrogen-bond donors (Lipinski definition) is 1. The Hall–Kier alpha value is -2.67. The van der Waals surface area contributed by atoms with Gasteiger partial charge in [-0.2, -0.15) is 0 Å². The van der Waals surface area contributed by atoms with E-state index in [2.05, 4.69) is 67.9 Å². The van der Waals surface area contributed by atoms with Gasteiger partial charge in [-0.25, -0.2) is 0 Å². The number of anilines is 2. The number of imide groups is 1. The van der Waals surface area contributed by atoms with E-state index in [9.17, 15) is 9.59 Å². The lowest BCUT2D eigenvalue weighted by Crippen LogP contribution is -2.46. The highest BCUT2D eigenvalue weighted by atomic mass is 32.2. The number of methoxy groups -OCH3 is 1. The van der Waals surface area contributed by atoms with Crippen molar-refractivity contribution in [2.75, 3.05) is 30.0 Å². The summed E-state index contributed by atoms with van der Waals surface area (Å²) >= 11 is 1.07. The molecule has 0 saturated carbocycles. The van der Waals surface area contributed by atoms with Gasteiger partial charge in [-0.15, -0.1) is 0 Å². The van der Waals surface area contributed by atoms with E-state index in [4.69, 9.17) is 4.74 Å². The maximum atomic E-state index is 12.1. The predicted octanol–water partition coefficient (Wildman–Crippen LogP) is 5.01. The molecule has 0 spiro atoms. The molecule has 4 rings (SSSR count). The van der Waals surface area contributed by atoms with Gasteiger partial charge >= 0.3 is 0 Å². The first kappa shape index (κ1) is 23.5. The van der Waals surface area contributed by atoms with Gasteiger partial charge in [0.2, 0.25) is 5.91 Å². The number of nitrogens with one attached hydrogen (secondary N) is 1. The molecule has 2 amide bonds. The van der Waals surface area contributed by atoms with Gasteiger partial charge in [0.05, 0.1) is 23.7 Å². The average Bonchev–Trinajstić information content (AvgIpc) is 3.08. The van der Waals surface area contributed by atoms with Gasteiger partial charge in [-0.1, -0.05) is 17.8 Å². The van der Waals surface area contributed by atoms with Crippen molar-refractivity contribution in [3.05, 3.63) is 41.5 Å². The molecule has 1 N–H and O–H groups in total. The highest BCUT2D eigenvalue weighted by Gasteiger charge is 2.32. The molecule has 2 aromatic carbocycles. The molecular weight excluding hydrogens is 434 g/mol. The summed E-state index contributed by atoms with van der Waals surface area (Å²) in [6.07, 6.45) is 0.502. The fourth-order valence-corrected chi connectivity index (χ4v) is 5.65. The molecule has 2 aliphatic heterocycles. The molecule has 33 heavy (non-hydrogen) atoms. The first-order chi connectivity index (χ1) is 15.7. The first-order valence-electron chi connectivity index (χ1n) is 11.6. The van der Waals surface area contributed by atoms with E-state index in [-0.39, 0.29) is 16.4 Å². The van der Waals surface area contributed by atoms with Crippen LogP contribution in [0.2, 0.25) is 0 Å². The number of hydrogen-bond acceptors (Lipinski definition) is 6. The Morgan fingerprint density at radius 2 is 1.64 bits per heavy atom. The zero-order valence-electron chi connectivity index (χ0n) is 20.3. The second-order valence-corrected chi connectivity index (χ2v) is 10.5. The van der Waals surface area contributed by atoms with Crippen molar-refractivity contribution in [1.82, 2.24) is 5.32 Å². The minimum absolute atomic E-state index is 0.214. The molecule has 1 saturated heterocycles. The summed E-state index contributed by atoms with van der Waals surface area (Å²) in [7, 11) is 1.69. The molecule has 1 unspecified atom stereocenters. The number of thioether (sulfide) groups is 1. The zero-order chi connectivity index (χ0) is 23.9. The van der Waals surface area contributed by atoms with Crippen molar-refractivity contribution >= 4 is 34.3 Å². The third-order valence-corrected chi connectivity index (χ3v) is 7.49. The molecular formula is C26H33N3O3S. The number of carbonyl (C=O) groups excluding carboxylic acids is 2. The van der Waals surface area contributed by atoms with Crippen LogP contribution in [0.15, 0.2) is 30.3 Å². The molecule has 7 heteroatoms. The Morgan fingerprint density at radius 1 is 1.00 bits per heavy atom. The highest BCUT2D eigenvalue weighted by molar-refractivity contribution is 8.15. The molecule has 2 aromatic rings. The molecule has 0 aliphatic carbocycles. The summed E-state index contributed by atoms with van der Waals surface area (Å²) in [4.78, 5) is 28.6. The topological polar surface area (TPSA) is 61.9 Å². The minimum Gasteiger partial charge on any atom is -0.496 e. The largest absolute Gasteiger partial charge is 0.496 e. The van der Waals surface area contributed by atoms with Crippen LogP contribution in [0.4, 0.5) is 16.2 Å². The average molecular weight is 468 g/mol. The van der Waals surface area contributed by atoms with Crippen LogP contribution < -0.4 is 19.9 Å². The number of benzene rings is 2. The second kappa shape index (κ2) is 9.29. The predicted molar refractivity (Wildman–Crippen MR) is 137 cm³/mol. The van der Waals surface area contributed by atoms with Crippen LogP contribution in [0.25, 0.3) is 11.1 Å². The lowest BCUT2D eigenvalue weighted by molar-refractivity contribution is -0.118. The Labute approximate surface area is 200 Å². The number of aryl methyl sites for hydroxylation is 1. The van der Waals surface area contributed by atoms with Crippen LogP contribution in [0, 0.1) is 6.92 Å². The van der Waals surface area contributed by atoms with Gasteiger partial charge in [0.1, 0.15) is 5.75 Å². The summed E-state index contributed by atoms with van der Waals surface area (Å²) in [6, 6.07) is 11.5. The standard InChI is InChI=1S/C26H33N3O3S/c1-15(2)28-9-10-29(16(3)4)22-14-19(17(5)11-21(22)28)20-12-18(7-8-23(20)32-6)13-24-25(30)27-26(31)33-24/h7-8,11-12,14-16,24H,9-10,13H2,1-6H3,(H,27,30,31). The fourth-order valence-electron chi connectivity index (χ4n) is 4.79. The van der Waals surface area contributed by atoms with E-state index >= 15 is 0 Å². The van der Waals surface area contributed by atoms with E-state index in [0.717, 1.165) is 47.3 Å². The molecule has 1 fully saturated rings. The molecule has 0 aromatic heterocycles. The van der Waals surface area contributed by atoms with Gasteiger partial charge in [0.15, 0.2) is 0 Å². The van der Waals surface area contributed by atoms with Crippen LogP contribution >= 0.6 is 11.8 Å². The second-order valence-electron chi connectivity index (χ2n) is 9.35. The number of carbonyl (C=O) groups is 2. The quantitative estimate of drug-likeness (QED) is 0.645. The molecule has 176 valence electrons. The molecule has 6 nitrogen and oxygen atoms in total. The maximum absolute atomic E-state index is 12.1. The van der Waals surface area contributed by atoms with Crippen LogP contribution in [-0.2, 0) is 11.2 Å². The molecule has 0 radical (unpaired) electrons. The lowest BCUT2D eigenvalue weighted by Gasteiger charge is -2.43. The van der Waals surface area contributed by atoms with Gasteiger partial charge in [-0.05, 0) is 82.0 Å². The van der Waals surface area contributed by atoms with Crippen LogP contribution in [-0.4, -0.2) is 48.7 Å². The summed E-state index contributed by atoms with van der Waals surface area (Å²) in [5.74, 6) is 0.586. The van der Waals surface area contributed by atoms with Crippen LogP contribution in [0.1, 0.15) is 38.8 Å². The third kappa shape index (κ3) is 4.56. The summed E-state index contributed by atoms with van der Waals surface area (Å²) in [5, 5.41) is 1.72. The van der Waals surface area contributed by atoms with Crippen molar-refractivity contribution < 1.29 is 14.3 Å². The number of fused-ring (bicyclic) bond motifs is 1. The zero-order valence-corrected chi connectivity index (χ0v) is 21.1.